The Hall–Kier alpha value is -0.800. The average Bonchev–Trinajstić information content (AvgIpc) is 2.64. The third-order valence-corrected chi connectivity index (χ3v) is 3.80. The zero-order chi connectivity index (χ0) is 11.5. The van der Waals surface area contributed by atoms with E-state index in [2.05, 4.69) is 70.0 Å². The highest BCUT2D eigenvalue weighted by molar-refractivity contribution is 9.09. The van der Waals surface area contributed by atoms with Gasteiger partial charge in [-0.3, -0.25) is 4.90 Å². The summed E-state index contributed by atoms with van der Waals surface area (Å²) in [6, 6.07) is 8.59. The van der Waals surface area contributed by atoms with Crippen molar-refractivity contribution >= 4 is 26.8 Å². The highest BCUT2D eigenvalue weighted by Crippen LogP contribution is 2.20. The molecule has 0 aliphatic carbocycles. The molecule has 0 saturated heterocycles. The molecule has 16 heavy (non-hydrogen) atoms. The van der Waals surface area contributed by atoms with Crippen LogP contribution in [0, 0.1) is 0 Å². The van der Waals surface area contributed by atoms with E-state index < -0.39 is 0 Å². The summed E-state index contributed by atoms with van der Waals surface area (Å²) in [6.07, 6.45) is 3.34. The molecule has 2 rings (SSSR count). The zero-order valence-electron chi connectivity index (χ0n) is 9.78. The van der Waals surface area contributed by atoms with Gasteiger partial charge in [-0.25, -0.2) is 0 Å². The van der Waals surface area contributed by atoms with Crippen LogP contribution >= 0.6 is 15.9 Å². The lowest BCUT2D eigenvalue weighted by Crippen LogP contribution is -2.18. The molecule has 0 amide bonds. The minimum absolute atomic E-state index is 0.928. The van der Waals surface area contributed by atoms with Crippen LogP contribution in [-0.2, 0) is 13.5 Å². The first kappa shape index (κ1) is 11.7. The van der Waals surface area contributed by atoms with Crippen molar-refractivity contribution in [3.8, 4) is 0 Å². The summed E-state index contributed by atoms with van der Waals surface area (Å²) in [5.74, 6) is 0. The van der Waals surface area contributed by atoms with E-state index in [1.807, 2.05) is 0 Å². The predicted octanol–water partition coefficient (Wildman–Crippen LogP) is 3.01. The Morgan fingerprint density at radius 3 is 2.81 bits per heavy atom. The maximum atomic E-state index is 3.46. The Kier molecular flexibility index (Phi) is 3.66. The van der Waals surface area contributed by atoms with Crippen molar-refractivity contribution in [1.82, 2.24) is 9.47 Å². The first-order chi connectivity index (χ1) is 7.72. The van der Waals surface area contributed by atoms with Crippen LogP contribution in [0.2, 0.25) is 0 Å². The molecule has 0 aliphatic rings. The lowest BCUT2D eigenvalue weighted by Gasteiger charge is -2.11. The van der Waals surface area contributed by atoms with E-state index in [9.17, 15) is 0 Å². The van der Waals surface area contributed by atoms with E-state index in [1.165, 1.54) is 16.5 Å². The standard InChI is InChI=1S/C13H17BrN2/c1-15(10-14)8-7-11-9-16(2)13-6-4-3-5-12(11)13/h3-6,9H,7-8,10H2,1-2H3. The van der Waals surface area contributed by atoms with E-state index >= 15 is 0 Å². The predicted molar refractivity (Wildman–Crippen MR) is 73.0 cm³/mol. The van der Waals surface area contributed by atoms with Gasteiger partial charge in [-0.1, -0.05) is 34.1 Å². The number of aromatic nitrogens is 1. The molecule has 0 unspecified atom stereocenters. The molecule has 2 nitrogen and oxygen atoms in total. The van der Waals surface area contributed by atoms with Crippen LogP contribution in [0.3, 0.4) is 0 Å². The topological polar surface area (TPSA) is 8.17 Å². The average molecular weight is 281 g/mol. The minimum Gasteiger partial charge on any atom is -0.350 e. The second kappa shape index (κ2) is 5.02. The van der Waals surface area contributed by atoms with Gasteiger partial charge in [0.1, 0.15) is 0 Å². The van der Waals surface area contributed by atoms with E-state index in [0.717, 1.165) is 18.4 Å². The summed E-state index contributed by atoms with van der Waals surface area (Å²) in [4.78, 5) is 2.27. The van der Waals surface area contributed by atoms with Crippen molar-refractivity contribution < 1.29 is 0 Å². The van der Waals surface area contributed by atoms with Crippen LogP contribution in [0.5, 0.6) is 0 Å². The lowest BCUT2D eigenvalue weighted by molar-refractivity contribution is 0.402. The number of halogens is 1. The van der Waals surface area contributed by atoms with E-state index in [0.29, 0.717) is 0 Å². The van der Waals surface area contributed by atoms with Gasteiger partial charge >= 0.3 is 0 Å². The first-order valence-electron chi connectivity index (χ1n) is 5.50. The number of benzene rings is 1. The Bertz CT molecular complexity index is 476. The fourth-order valence-corrected chi connectivity index (χ4v) is 2.25. The largest absolute Gasteiger partial charge is 0.350 e. The molecule has 1 aromatic heterocycles. The molecule has 86 valence electrons. The molecule has 0 spiro atoms. The lowest BCUT2D eigenvalue weighted by atomic mass is 10.1. The summed E-state index contributed by atoms with van der Waals surface area (Å²) in [5.41, 5.74) is 3.68. The summed E-state index contributed by atoms with van der Waals surface area (Å²) in [5, 5.41) is 1.38. The Labute approximate surface area is 105 Å². The maximum absolute atomic E-state index is 3.46. The van der Waals surface area contributed by atoms with E-state index in [-0.39, 0.29) is 0 Å². The molecule has 0 atom stereocenters. The van der Waals surface area contributed by atoms with Crippen LogP contribution in [0.4, 0.5) is 0 Å². The monoisotopic (exact) mass is 280 g/mol. The second-order valence-electron chi connectivity index (χ2n) is 4.23. The molecular weight excluding hydrogens is 264 g/mol. The van der Waals surface area contributed by atoms with Gasteiger partial charge in [0.2, 0.25) is 0 Å². The molecule has 1 heterocycles. The molecule has 0 radical (unpaired) electrons. The van der Waals surface area contributed by atoms with Crippen LogP contribution in [0.15, 0.2) is 30.5 Å². The molecule has 3 heteroatoms. The summed E-state index contributed by atoms with van der Waals surface area (Å²) >= 11 is 3.46. The summed E-state index contributed by atoms with van der Waals surface area (Å²) in [6.45, 7) is 1.08. The van der Waals surface area contributed by atoms with Gasteiger partial charge in [0, 0.05) is 30.7 Å². The van der Waals surface area contributed by atoms with Crippen molar-refractivity contribution in [3.05, 3.63) is 36.0 Å². The number of hydrogen-bond donors (Lipinski definition) is 0. The normalized spacial score (nSPS) is 11.5. The van der Waals surface area contributed by atoms with Crippen LogP contribution in [-0.4, -0.2) is 28.5 Å². The fraction of sp³-hybridized carbons (Fsp3) is 0.385. The molecule has 0 bridgehead atoms. The van der Waals surface area contributed by atoms with Crippen LogP contribution in [0.25, 0.3) is 10.9 Å². The third kappa shape index (κ3) is 2.30. The number of fused-ring (bicyclic) bond motifs is 1. The van der Waals surface area contributed by atoms with Crippen molar-refractivity contribution in [1.29, 1.82) is 0 Å². The van der Waals surface area contributed by atoms with Gasteiger partial charge in [0.05, 0.1) is 5.45 Å². The van der Waals surface area contributed by atoms with Gasteiger partial charge in [-0.05, 0) is 25.1 Å². The molecule has 0 saturated carbocycles. The Morgan fingerprint density at radius 1 is 1.31 bits per heavy atom. The van der Waals surface area contributed by atoms with Crippen molar-refractivity contribution in [2.75, 3.05) is 19.0 Å². The highest BCUT2D eigenvalue weighted by atomic mass is 79.9. The number of rotatable bonds is 4. The first-order valence-corrected chi connectivity index (χ1v) is 6.62. The molecule has 0 aliphatic heterocycles. The van der Waals surface area contributed by atoms with Crippen LogP contribution in [0.1, 0.15) is 5.56 Å². The van der Waals surface area contributed by atoms with Crippen molar-refractivity contribution in [2.24, 2.45) is 7.05 Å². The highest BCUT2D eigenvalue weighted by Gasteiger charge is 2.06. The number of hydrogen-bond acceptors (Lipinski definition) is 1. The van der Waals surface area contributed by atoms with Gasteiger partial charge < -0.3 is 4.57 Å². The molecular formula is C13H17BrN2. The Balaban J connectivity index is 2.24. The quantitative estimate of drug-likeness (QED) is 0.618. The summed E-state index contributed by atoms with van der Waals surface area (Å²) < 4.78 is 2.21. The Morgan fingerprint density at radius 2 is 2.06 bits per heavy atom. The smallest absolute Gasteiger partial charge is 0.0539 e. The van der Waals surface area contributed by atoms with Gasteiger partial charge in [0.15, 0.2) is 0 Å². The number of para-hydroxylation sites is 1. The SMILES string of the molecule is CN(CBr)CCc1cn(C)c2ccccc12. The molecule has 1 aromatic carbocycles. The van der Waals surface area contributed by atoms with Crippen LogP contribution < -0.4 is 0 Å². The van der Waals surface area contributed by atoms with E-state index in [4.69, 9.17) is 0 Å². The molecule has 0 fully saturated rings. The summed E-state index contributed by atoms with van der Waals surface area (Å²) in [7, 11) is 4.24. The second-order valence-corrected chi connectivity index (χ2v) is 4.73. The number of alkyl halides is 1. The molecule has 0 N–H and O–H groups in total. The van der Waals surface area contributed by atoms with Crippen molar-refractivity contribution in [3.63, 3.8) is 0 Å². The number of nitrogens with zero attached hydrogens (tertiary/aromatic N) is 2. The van der Waals surface area contributed by atoms with Crippen molar-refractivity contribution in [2.45, 2.75) is 6.42 Å². The van der Waals surface area contributed by atoms with Gasteiger partial charge in [-0.15, -0.1) is 0 Å². The van der Waals surface area contributed by atoms with E-state index in [1.54, 1.807) is 0 Å². The fourth-order valence-electron chi connectivity index (χ4n) is 2.00. The minimum atomic E-state index is 0.928. The third-order valence-electron chi connectivity index (χ3n) is 2.95. The zero-order valence-corrected chi connectivity index (χ0v) is 11.4. The molecule has 2 aromatic rings. The maximum Gasteiger partial charge on any atom is 0.0539 e. The van der Waals surface area contributed by atoms with Gasteiger partial charge in [0.25, 0.3) is 0 Å². The van der Waals surface area contributed by atoms with Gasteiger partial charge in [-0.2, -0.15) is 0 Å². The number of likely N-dealkylation sites (N-methyl/N-ethyl adjacent to an activating group) is 1. The number of aryl methyl sites for hydroxylation is 1.